The first kappa shape index (κ1) is 12.8. The Morgan fingerprint density at radius 1 is 1.00 bits per heavy atom. The highest BCUT2D eigenvalue weighted by atomic mass is 16.3. The molecule has 100 valence electrons. The van der Waals surface area contributed by atoms with Crippen molar-refractivity contribution in [2.24, 2.45) is 0 Å². The summed E-state index contributed by atoms with van der Waals surface area (Å²) in [6.07, 6.45) is 2.23. The maximum atomic E-state index is 8.97. The minimum atomic E-state index is 0.0699. The third-order valence-electron chi connectivity index (χ3n) is 3.33. The normalized spacial score (nSPS) is 10.9. The van der Waals surface area contributed by atoms with Gasteiger partial charge in [-0.05, 0) is 29.8 Å². The van der Waals surface area contributed by atoms with E-state index < -0.39 is 0 Å². The molecule has 0 aliphatic heterocycles. The summed E-state index contributed by atoms with van der Waals surface area (Å²) in [5, 5.41) is 11.4. The molecule has 0 bridgehead atoms. The van der Waals surface area contributed by atoms with E-state index in [1.54, 1.807) is 6.20 Å². The molecule has 0 fully saturated rings. The van der Waals surface area contributed by atoms with E-state index >= 15 is 0 Å². The van der Waals surface area contributed by atoms with Gasteiger partial charge in [0.1, 0.15) is 5.82 Å². The van der Waals surface area contributed by atoms with E-state index in [2.05, 4.69) is 53.3 Å². The lowest BCUT2D eigenvalue weighted by atomic mass is 10.0. The largest absolute Gasteiger partial charge is 0.396 e. The van der Waals surface area contributed by atoms with Crippen molar-refractivity contribution in [1.29, 1.82) is 0 Å². The van der Waals surface area contributed by atoms with Crippen LogP contribution in [0.4, 0.5) is 0 Å². The number of fused-ring (bicyclic) bond motifs is 1. The molecule has 0 aliphatic rings. The Labute approximate surface area is 117 Å². The first-order chi connectivity index (χ1) is 9.76. The zero-order chi connectivity index (χ0) is 13.9. The number of benzene rings is 2. The molecule has 3 heteroatoms. The van der Waals surface area contributed by atoms with E-state index in [9.17, 15) is 0 Å². The van der Waals surface area contributed by atoms with Crippen LogP contribution in [0.3, 0.4) is 0 Å². The van der Waals surface area contributed by atoms with Gasteiger partial charge in [-0.3, -0.25) is 0 Å². The van der Waals surface area contributed by atoms with Crippen LogP contribution in [-0.2, 0) is 6.42 Å². The van der Waals surface area contributed by atoms with Gasteiger partial charge in [0.15, 0.2) is 0 Å². The molecular formula is C17H16N2O. The first-order valence-electron chi connectivity index (χ1n) is 6.70. The molecule has 1 N–H and O–H groups in total. The molecule has 0 atom stereocenters. The van der Waals surface area contributed by atoms with Gasteiger partial charge in [0, 0.05) is 18.2 Å². The van der Waals surface area contributed by atoms with Crippen LogP contribution in [0, 0.1) is 6.92 Å². The van der Waals surface area contributed by atoms with Gasteiger partial charge in [0.2, 0.25) is 0 Å². The third-order valence-corrected chi connectivity index (χ3v) is 3.33. The van der Waals surface area contributed by atoms with Gasteiger partial charge in [0.25, 0.3) is 0 Å². The molecule has 1 aromatic heterocycles. The zero-order valence-corrected chi connectivity index (χ0v) is 11.4. The fourth-order valence-corrected chi connectivity index (χ4v) is 2.30. The summed E-state index contributed by atoms with van der Waals surface area (Å²) in [5.41, 5.74) is 3.23. The second kappa shape index (κ2) is 5.39. The number of nitrogens with zero attached hydrogens (tertiary/aromatic N) is 2. The van der Waals surface area contributed by atoms with Crippen LogP contribution in [0.15, 0.2) is 48.7 Å². The van der Waals surface area contributed by atoms with E-state index in [0.717, 1.165) is 11.3 Å². The molecule has 2 aromatic carbocycles. The van der Waals surface area contributed by atoms with Crippen molar-refractivity contribution in [3.63, 3.8) is 0 Å². The standard InChI is InChI=1S/C17H16N2O/c1-12-2-3-14-11-15(5-4-13(14)10-12)16-6-8-18-17(19-16)7-9-20/h2-6,8,10-11,20H,7,9H2,1H3. The average Bonchev–Trinajstić information content (AvgIpc) is 2.47. The zero-order valence-electron chi connectivity index (χ0n) is 11.4. The fourth-order valence-electron chi connectivity index (χ4n) is 2.30. The number of aromatic nitrogens is 2. The molecule has 3 nitrogen and oxygen atoms in total. The summed E-state index contributed by atoms with van der Waals surface area (Å²) in [4.78, 5) is 8.64. The summed E-state index contributed by atoms with van der Waals surface area (Å²) in [7, 11) is 0. The van der Waals surface area contributed by atoms with Crippen LogP contribution >= 0.6 is 0 Å². The predicted octanol–water partition coefficient (Wildman–Crippen LogP) is 3.14. The van der Waals surface area contributed by atoms with E-state index in [4.69, 9.17) is 5.11 Å². The predicted molar refractivity (Wildman–Crippen MR) is 80.5 cm³/mol. The Morgan fingerprint density at radius 3 is 2.65 bits per heavy atom. The minimum Gasteiger partial charge on any atom is -0.396 e. The molecular weight excluding hydrogens is 248 g/mol. The number of aliphatic hydroxyl groups is 1. The SMILES string of the molecule is Cc1ccc2cc(-c3ccnc(CCO)n3)ccc2c1. The highest BCUT2D eigenvalue weighted by molar-refractivity contribution is 5.87. The lowest BCUT2D eigenvalue weighted by molar-refractivity contribution is 0.296. The van der Waals surface area contributed by atoms with E-state index in [0.29, 0.717) is 12.2 Å². The van der Waals surface area contributed by atoms with E-state index in [1.165, 1.54) is 16.3 Å². The molecule has 0 saturated carbocycles. The Morgan fingerprint density at radius 2 is 1.80 bits per heavy atom. The molecule has 0 amide bonds. The Hall–Kier alpha value is -2.26. The maximum Gasteiger partial charge on any atom is 0.131 e. The van der Waals surface area contributed by atoms with Gasteiger partial charge in [-0.2, -0.15) is 0 Å². The average molecular weight is 264 g/mol. The second-order valence-corrected chi connectivity index (χ2v) is 4.90. The Bertz CT molecular complexity index is 753. The quantitative estimate of drug-likeness (QED) is 0.790. The van der Waals surface area contributed by atoms with Crippen LogP contribution in [-0.4, -0.2) is 21.7 Å². The van der Waals surface area contributed by atoms with Gasteiger partial charge in [-0.1, -0.05) is 35.9 Å². The van der Waals surface area contributed by atoms with Crippen LogP contribution in [0.2, 0.25) is 0 Å². The number of rotatable bonds is 3. The third kappa shape index (κ3) is 2.53. The monoisotopic (exact) mass is 264 g/mol. The molecule has 0 radical (unpaired) electrons. The highest BCUT2D eigenvalue weighted by Gasteiger charge is 2.03. The van der Waals surface area contributed by atoms with Crippen LogP contribution < -0.4 is 0 Å². The highest BCUT2D eigenvalue weighted by Crippen LogP contribution is 2.23. The number of aliphatic hydroxyl groups excluding tert-OH is 1. The minimum absolute atomic E-state index is 0.0699. The van der Waals surface area contributed by atoms with Gasteiger partial charge in [-0.15, -0.1) is 0 Å². The number of aryl methyl sites for hydroxylation is 1. The van der Waals surface area contributed by atoms with Crippen molar-refractivity contribution >= 4 is 10.8 Å². The van der Waals surface area contributed by atoms with Crippen LogP contribution in [0.1, 0.15) is 11.4 Å². The molecule has 0 unspecified atom stereocenters. The smallest absolute Gasteiger partial charge is 0.131 e. The second-order valence-electron chi connectivity index (χ2n) is 4.90. The van der Waals surface area contributed by atoms with Crippen molar-refractivity contribution in [2.75, 3.05) is 6.61 Å². The molecule has 1 heterocycles. The van der Waals surface area contributed by atoms with E-state index in [-0.39, 0.29) is 6.61 Å². The van der Waals surface area contributed by atoms with Crippen LogP contribution in [0.25, 0.3) is 22.0 Å². The molecule has 20 heavy (non-hydrogen) atoms. The van der Waals surface area contributed by atoms with Gasteiger partial charge in [-0.25, -0.2) is 9.97 Å². The molecule has 3 rings (SSSR count). The number of hydrogen-bond acceptors (Lipinski definition) is 3. The van der Waals surface area contributed by atoms with Crippen LogP contribution in [0.5, 0.6) is 0 Å². The Balaban J connectivity index is 2.05. The van der Waals surface area contributed by atoms with E-state index in [1.807, 2.05) is 6.07 Å². The molecule has 3 aromatic rings. The van der Waals surface area contributed by atoms with Gasteiger partial charge in [0.05, 0.1) is 12.3 Å². The summed E-state index contributed by atoms with van der Waals surface area (Å²) in [6, 6.07) is 14.7. The summed E-state index contributed by atoms with van der Waals surface area (Å²) in [6.45, 7) is 2.17. The van der Waals surface area contributed by atoms with Crippen molar-refractivity contribution in [3.05, 3.63) is 60.0 Å². The topological polar surface area (TPSA) is 46.0 Å². The lowest BCUT2D eigenvalue weighted by Gasteiger charge is -2.05. The summed E-state index contributed by atoms with van der Waals surface area (Å²) < 4.78 is 0. The van der Waals surface area contributed by atoms with Gasteiger partial charge < -0.3 is 5.11 Å². The van der Waals surface area contributed by atoms with Crippen molar-refractivity contribution in [2.45, 2.75) is 13.3 Å². The number of hydrogen-bond donors (Lipinski definition) is 1. The maximum absolute atomic E-state index is 8.97. The lowest BCUT2D eigenvalue weighted by Crippen LogP contribution is -1.99. The van der Waals surface area contributed by atoms with Crippen molar-refractivity contribution in [1.82, 2.24) is 9.97 Å². The van der Waals surface area contributed by atoms with Crippen molar-refractivity contribution < 1.29 is 5.11 Å². The summed E-state index contributed by atoms with van der Waals surface area (Å²) in [5.74, 6) is 0.675. The first-order valence-corrected chi connectivity index (χ1v) is 6.70. The summed E-state index contributed by atoms with van der Waals surface area (Å²) >= 11 is 0. The Kier molecular flexibility index (Phi) is 3.44. The van der Waals surface area contributed by atoms with Gasteiger partial charge >= 0.3 is 0 Å². The molecule has 0 spiro atoms. The molecule has 0 saturated heterocycles. The molecule has 0 aliphatic carbocycles. The fraction of sp³-hybridized carbons (Fsp3) is 0.176. The van der Waals surface area contributed by atoms with Crippen molar-refractivity contribution in [3.8, 4) is 11.3 Å².